The normalized spacial score (nSPS) is 15.6. The van der Waals surface area contributed by atoms with Crippen LogP contribution in [0.15, 0.2) is 18.2 Å². The van der Waals surface area contributed by atoms with Gasteiger partial charge in [-0.1, -0.05) is 44.5 Å². The number of aryl methyl sites for hydroxylation is 2. The maximum Gasteiger partial charge on any atom is 0.306 e. The maximum atomic E-state index is 15.2. The number of aliphatic hydroxyl groups excluding tert-OH is 1. The average molecular weight is 462 g/mol. The van der Waals surface area contributed by atoms with Crippen LogP contribution in [0.5, 0.6) is 0 Å². The van der Waals surface area contributed by atoms with Crippen LogP contribution in [0, 0.1) is 19.3 Å². The maximum absolute atomic E-state index is 15.2. The first-order chi connectivity index (χ1) is 15.4. The SMILES string of the molecule is Cc1ccc(CC(=O)CC(CCO)c2nnc(C(F)(F)CCC(C)(C)C)n2C2CC2)c(C)c1. The Labute approximate surface area is 195 Å². The van der Waals surface area contributed by atoms with Crippen molar-refractivity contribution in [3.63, 3.8) is 0 Å². The number of hydrogen-bond acceptors (Lipinski definition) is 4. The van der Waals surface area contributed by atoms with Gasteiger partial charge < -0.3 is 9.67 Å². The number of benzene rings is 1. The third-order valence-electron chi connectivity index (χ3n) is 6.35. The molecular formula is C26H37F2N3O2. The minimum absolute atomic E-state index is 0.00629. The smallest absolute Gasteiger partial charge is 0.306 e. The van der Waals surface area contributed by atoms with E-state index in [0.29, 0.717) is 12.2 Å². The molecule has 0 bridgehead atoms. The predicted molar refractivity (Wildman–Crippen MR) is 125 cm³/mol. The fourth-order valence-corrected chi connectivity index (χ4v) is 4.25. The van der Waals surface area contributed by atoms with E-state index in [2.05, 4.69) is 10.2 Å². The third-order valence-corrected chi connectivity index (χ3v) is 6.35. The van der Waals surface area contributed by atoms with E-state index in [-0.39, 0.29) is 55.4 Å². The number of carbonyl (C=O) groups is 1. The van der Waals surface area contributed by atoms with Crippen LogP contribution in [-0.4, -0.2) is 32.3 Å². The summed E-state index contributed by atoms with van der Waals surface area (Å²) in [6.45, 7) is 9.68. The summed E-state index contributed by atoms with van der Waals surface area (Å²) in [6.07, 6.45) is 2.38. The summed E-state index contributed by atoms with van der Waals surface area (Å²) in [5.74, 6) is -3.41. The number of alkyl halides is 2. The third kappa shape index (κ3) is 6.69. The number of aromatic nitrogens is 3. The van der Waals surface area contributed by atoms with Gasteiger partial charge in [0.2, 0.25) is 5.82 Å². The molecule has 0 amide bonds. The second-order valence-electron chi connectivity index (χ2n) is 10.8. The first-order valence-electron chi connectivity index (χ1n) is 11.9. The van der Waals surface area contributed by atoms with Gasteiger partial charge in [-0.05, 0) is 56.1 Å². The topological polar surface area (TPSA) is 68.0 Å². The average Bonchev–Trinajstić information content (AvgIpc) is 3.45. The lowest BCUT2D eigenvalue weighted by atomic mass is 9.89. The highest BCUT2D eigenvalue weighted by Gasteiger charge is 2.43. The van der Waals surface area contributed by atoms with Crippen LogP contribution < -0.4 is 0 Å². The van der Waals surface area contributed by atoms with Gasteiger partial charge >= 0.3 is 5.92 Å². The first-order valence-corrected chi connectivity index (χ1v) is 11.9. The minimum atomic E-state index is -3.09. The van der Waals surface area contributed by atoms with Crippen LogP contribution in [0.25, 0.3) is 0 Å². The standard InChI is InChI=1S/C26H37F2N3O2/c1-17-6-7-19(18(2)14-17)15-22(33)16-20(10-13-32)23-29-30-24(31(23)21-8-9-21)26(27,28)12-11-25(3,4)5/h6-7,14,20-21,32H,8-13,15-16H2,1-5H3. The quantitative estimate of drug-likeness (QED) is 0.458. The molecule has 0 spiro atoms. The van der Waals surface area contributed by atoms with Gasteiger partial charge in [-0.3, -0.25) is 4.79 Å². The van der Waals surface area contributed by atoms with Crippen molar-refractivity contribution in [2.75, 3.05) is 6.61 Å². The lowest BCUT2D eigenvalue weighted by molar-refractivity contribution is -0.118. The van der Waals surface area contributed by atoms with Crippen molar-refractivity contribution < 1.29 is 18.7 Å². The highest BCUT2D eigenvalue weighted by atomic mass is 19.3. The van der Waals surface area contributed by atoms with E-state index in [1.165, 1.54) is 0 Å². The molecule has 1 N–H and O–H groups in total. The van der Waals surface area contributed by atoms with Crippen molar-refractivity contribution >= 4 is 5.78 Å². The number of Topliss-reactive ketones (excluding diaryl/α,β-unsaturated/α-hetero) is 1. The van der Waals surface area contributed by atoms with E-state index in [4.69, 9.17) is 0 Å². The van der Waals surface area contributed by atoms with Crippen molar-refractivity contribution in [3.8, 4) is 0 Å². The monoisotopic (exact) mass is 461 g/mol. The number of hydrogen-bond donors (Lipinski definition) is 1. The summed E-state index contributed by atoms with van der Waals surface area (Å²) in [7, 11) is 0. The summed E-state index contributed by atoms with van der Waals surface area (Å²) in [5, 5.41) is 17.7. The molecule has 1 aromatic carbocycles. The molecule has 5 nitrogen and oxygen atoms in total. The van der Waals surface area contributed by atoms with Gasteiger partial charge in [-0.2, -0.15) is 8.78 Å². The molecule has 0 aliphatic heterocycles. The fourth-order valence-electron chi connectivity index (χ4n) is 4.25. The molecule has 1 unspecified atom stereocenters. The Morgan fingerprint density at radius 1 is 1.18 bits per heavy atom. The Balaban J connectivity index is 1.83. The predicted octanol–water partition coefficient (Wildman–Crippen LogP) is 5.82. The van der Waals surface area contributed by atoms with Crippen molar-refractivity contribution in [3.05, 3.63) is 46.5 Å². The molecule has 1 fully saturated rings. The van der Waals surface area contributed by atoms with Gasteiger partial charge in [-0.25, -0.2) is 0 Å². The van der Waals surface area contributed by atoms with Crippen molar-refractivity contribution in [1.82, 2.24) is 14.8 Å². The number of carbonyl (C=O) groups excluding carboxylic acids is 1. The Morgan fingerprint density at radius 3 is 2.45 bits per heavy atom. The molecule has 7 heteroatoms. The molecule has 182 valence electrons. The lowest BCUT2D eigenvalue weighted by Gasteiger charge is -2.24. The van der Waals surface area contributed by atoms with Crippen molar-refractivity contribution in [2.24, 2.45) is 5.41 Å². The van der Waals surface area contributed by atoms with Crippen LogP contribution in [0.3, 0.4) is 0 Å². The zero-order valence-corrected chi connectivity index (χ0v) is 20.5. The Bertz CT molecular complexity index is 974. The highest BCUT2D eigenvalue weighted by Crippen LogP contribution is 2.44. The summed E-state index contributed by atoms with van der Waals surface area (Å²) >= 11 is 0. The number of aliphatic hydroxyl groups is 1. The summed E-state index contributed by atoms with van der Waals surface area (Å²) < 4.78 is 31.9. The molecule has 1 heterocycles. The molecule has 0 radical (unpaired) electrons. The molecule has 1 aromatic heterocycles. The second-order valence-corrected chi connectivity index (χ2v) is 10.8. The number of rotatable bonds is 11. The molecule has 1 aliphatic carbocycles. The summed E-state index contributed by atoms with van der Waals surface area (Å²) in [5.41, 5.74) is 2.95. The summed E-state index contributed by atoms with van der Waals surface area (Å²) in [4.78, 5) is 12.9. The van der Waals surface area contributed by atoms with Gasteiger partial charge in [0, 0.05) is 37.8 Å². The Kier molecular flexibility index (Phi) is 7.72. The first kappa shape index (κ1) is 25.5. The van der Waals surface area contributed by atoms with E-state index in [1.54, 1.807) is 4.57 Å². The van der Waals surface area contributed by atoms with Crippen LogP contribution in [-0.2, 0) is 17.1 Å². The molecule has 1 saturated carbocycles. The van der Waals surface area contributed by atoms with Crippen LogP contribution in [0.1, 0.15) is 99.6 Å². The van der Waals surface area contributed by atoms with Gasteiger partial charge in [0.15, 0.2) is 0 Å². The molecule has 33 heavy (non-hydrogen) atoms. The summed E-state index contributed by atoms with van der Waals surface area (Å²) in [6, 6.07) is 5.94. The van der Waals surface area contributed by atoms with Gasteiger partial charge in [0.1, 0.15) is 11.6 Å². The van der Waals surface area contributed by atoms with Crippen LogP contribution >= 0.6 is 0 Å². The van der Waals surface area contributed by atoms with E-state index in [1.807, 2.05) is 52.8 Å². The minimum Gasteiger partial charge on any atom is -0.396 e. The Hall–Kier alpha value is -2.15. The molecule has 1 atom stereocenters. The van der Waals surface area contributed by atoms with Gasteiger partial charge in [0.25, 0.3) is 0 Å². The van der Waals surface area contributed by atoms with Crippen molar-refractivity contribution in [2.45, 2.75) is 97.4 Å². The molecule has 2 aromatic rings. The molecular weight excluding hydrogens is 424 g/mol. The number of nitrogens with zero attached hydrogens (tertiary/aromatic N) is 3. The second kappa shape index (κ2) is 10.00. The number of halogens is 2. The van der Waals surface area contributed by atoms with Gasteiger partial charge in [0.05, 0.1) is 0 Å². The van der Waals surface area contributed by atoms with Crippen LogP contribution in [0.4, 0.5) is 8.78 Å². The lowest BCUT2D eigenvalue weighted by Crippen LogP contribution is -2.24. The highest BCUT2D eigenvalue weighted by molar-refractivity contribution is 5.82. The zero-order valence-electron chi connectivity index (χ0n) is 20.5. The zero-order chi connectivity index (χ0) is 24.4. The van der Waals surface area contributed by atoms with Crippen molar-refractivity contribution in [1.29, 1.82) is 0 Å². The van der Waals surface area contributed by atoms with E-state index in [9.17, 15) is 9.90 Å². The van der Waals surface area contributed by atoms with Crippen LogP contribution in [0.2, 0.25) is 0 Å². The molecule has 3 rings (SSSR count). The van der Waals surface area contributed by atoms with E-state index >= 15 is 8.78 Å². The van der Waals surface area contributed by atoms with Gasteiger partial charge in [-0.15, -0.1) is 10.2 Å². The Morgan fingerprint density at radius 2 is 1.88 bits per heavy atom. The fraction of sp³-hybridized carbons (Fsp3) is 0.654. The molecule has 1 aliphatic rings. The largest absolute Gasteiger partial charge is 0.396 e. The van der Waals surface area contributed by atoms with E-state index < -0.39 is 11.8 Å². The number of ketones is 1. The van der Waals surface area contributed by atoms with E-state index in [0.717, 1.165) is 29.5 Å². The molecule has 0 saturated heterocycles.